The maximum absolute atomic E-state index is 2.57. The molecule has 0 bridgehead atoms. The van der Waals surface area contributed by atoms with E-state index in [1.807, 2.05) is 0 Å². The van der Waals surface area contributed by atoms with Gasteiger partial charge in [0, 0.05) is 52.4 Å². The summed E-state index contributed by atoms with van der Waals surface area (Å²) in [5.74, 6) is 0.793. The van der Waals surface area contributed by atoms with Crippen LogP contribution in [0.25, 0.3) is 16.7 Å². The summed E-state index contributed by atoms with van der Waals surface area (Å²) in [6.07, 6.45) is 24.0. The summed E-state index contributed by atoms with van der Waals surface area (Å²) in [7, 11) is 0. The van der Waals surface area contributed by atoms with Gasteiger partial charge in [0.25, 0.3) is 0 Å². The highest BCUT2D eigenvalue weighted by Gasteiger charge is 2.52. The van der Waals surface area contributed by atoms with Crippen LogP contribution >= 0.6 is 0 Å². The number of rotatable bonds is 6. The van der Waals surface area contributed by atoms with E-state index in [1.54, 1.807) is 0 Å². The van der Waals surface area contributed by atoms with Crippen molar-refractivity contribution in [1.29, 1.82) is 0 Å². The van der Waals surface area contributed by atoms with Crippen LogP contribution in [0, 0.1) is 11.8 Å². The van der Waals surface area contributed by atoms with Crippen molar-refractivity contribution in [3.63, 3.8) is 0 Å². The van der Waals surface area contributed by atoms with Crippen LogP contribution in [0.1, 0.15) is 55.4 Å². The maximum Gasteiger partial charge on any atom is 0.0726 e. The zero-order chi connectivity index (χ0) is 36.2. The molecule has 3 atom stereocenters. The van der Waals surface area contributed by atoms with Gasteiger partial charge in [0.1, 0.15) is 0 Å². The molecule has 0 N–H and O–H groups in total. The number of nitrogens with zero attached hydrogens (tertiary/aromatic N) is 2. The SMILES string of the molecule is CC1CC=CC=C1N(C1=CC2=C(C=CC1)c1ccccc1C21c2ccccc2-c2ccc(N(C3=CC=CCC3C)c3ccccc3)cc21)c1ccccc1. The first kappa shape index (κ1) is 32.5. The van der Waals surface area contributed by atoms with Crippen molar-refractivity contribution in [3.05, 3.63) is 227 Å². The first-order valence-electron chi connectivity index (χ1n) is 19.5. The smallest absolute Gasteiger partial charge is 0.0726 e. The van der Waals surface area contributed by atoms with Crippen LogP contribution in [-0.2, 0) is 5.41 Å². The van der Waals surface area contributed by atoms with Crippen LogP contribution < -0.4 is 9.80 Å². The standard InChI is InChI=1S/C52H44N2/c1-36-18-9-15-30-50(36)53(38-20-5-3-6-21-38)40-24-17-27-44-42-25-11-13-28-46(42)52(48(44)34-40)47-29-14-12-26-43(47)45-33-32-41(35-49(45)52)54(39-22-7-4-8-23-39)51-31-16-10-19-37(51)2/h3-17,20-23,25-37H,18-19,24H2,1-2H3. The third kappa shape index (κ3) is 4.93. The molecule has 0 saturated heterocycles. The first-order valence-corrected chi connectivity index (χ1v) is 19.5. The highest BCUT2D eigenvalue weighted by molar-refractivity contribution is 5.99. The fourth-order valence-electron chi connectivity index (χ4n) is 9.71. The van der Waals surface area contributed by atoms with Crippen molar-refractivity contribution < 1.29 is 0 Å². The van der Waals surface area contributed by atoms with Crippen molar-refractivity contribution in [1.82, 2.24) is 0 Å². The fourth-order valence-corrected chi connectivity index (χ4v) is 9.71. The summed E-state index contributed by atoms with van der Waals surface area (Å²) < 4.78 is 0. The molecule has 0 aromatic heterocycles. The number of hydrogen-bond donors (Lipinski definition) is 0. The molecule has 5 aliphatic rings. The van der Waals surface area contributed by atoms with E-state index < -0.39 is 5.41 Å². The van der Waals surface area contributed by atoms with Crippen molar-refractivity contribution in [2.45, 2.75) is 38.5 Å². The van der Waals surface area contributed by atoms with E-state index in [2.05, 4.69) is 206 Å². The van der Waals surface area contributed by atoms with E-state index >= 15 is 0 Å². The molecule has 0 saturated carbocycles. The summed E-state index contributed by atoms with van der Waals surface area (Å²) in [4.78, 5) is 5.04. The lowest BCUT2D eigenvalue weighted by atomic mass is 9.69. The van der Waals surface area contributed by atoms with Gasteiger partial charge in [-0.05, 0) is 112 Å². The molecule has 0 fully saturated rings. The highest BCUT2D eigenvalue weighted by Crippen LogP contribution is 2.63. The number of allylic oxidation sites excluding steroid dienone is 13. The molecule has 5 aromatic rings. The summed E-state index contributed by atoms with van der Waals surface area (Å²) in [6.45, 7) is 4.71. The molecular weight excluding hydrogens is 653 g/mol. The molecule has 2 heteroatoms. The maximum atomic E-state index is 2.57. The Bertz CT molecular complexity index is 2510. The lowest BCUT2D eigenvalue weighted by molar-refractivity contribution is 0.659. The Hall–Kier alpha value is -6.12. The number of para-hydroxylation sites is 2. The molecule has 0 radical (unpaired) electrons. The minimum atomic E-state index is -0.489. The van der Waals surface area contributed by atoms with Crippen molar-refractivity contribution in [3.8, 4) is 11.1 Å². The van der Waals surface area contributed by atoms with Crippen LogP contribution in [0.15, 0.2) is 205 Å². The van der Waals surface area contributed by atoms with E-state index in [9.17, 15) is 0 Å². The summed E-state index contributed by atoms with van der Waals surface area (Å²) >= 11 is 0. The molecule has 10 rings (SSSR count). The number of anilines is 3. The zero-order valence-corrected chi connectivity index (χ0v) is 31.0. The van der Waals surface area contributed by atoms with E-state index in [4.69, 9.17) is 0 Å². The molecule has 5 aromatic carbocycles. The van der Waals surface area contributed by atoms with E-state index in [1.165, 1.54) is 78.7 Å². The minimum absolute atomic E-state index is 0.393. The Morgan fingerprint density at radius 2 is 1.07 bits per heavy atom. The molecule has 5 aliphatic carbocycles. The summed E-state index contributed by atoms with van der Waals surface area (Å²) in [5, 5.41) is 0. The predicted octanol–water partition coefficient (Wildman–Crippen LogP) is 13.2. The van der Waals surface area contributed by atoms with Gasteiger partial charge in [0.05, 0.1) is 5.41 Å². The van der Waals surface area contributed by atoms with Gasteiger partial charge >= 0.3 is 0 Å². The molecule has 54 heavy (non-hydrogen) atoms. The minimum Gasteiger partial charge on any atom is -0.317 e. The quantitative estimate of drug-likeness (QED) is 0.174. The molecule has 1 spiro atoms. The molecule has 0 heterocycles. The van der Waals surface area contributed by atoms with Crippen LogP contribution in [0.4, 0.5) is 17.1 Å². The Kier molecular flexibility index (Phi) is 7.87. The van der Waals surface area contributed by atoms with Crippen LogP contribution in [0.5, 0.6) is 0 Å². The third-order valence-electron chi connectivity index (χ3n) is 12.2. The van der Waals surface area contributed by atoms with Crippen molar-refractivity contribution in [2.24, 2.45) is 11.8 Å². The molecule has 2 nitrogen and oxygen atoms in total. The first-order chi connectivity index (χ1) is 26.6. The lowest BCUT2D eigenvalue weighted by Crippen LogP contribution is -2.30. The molecule has 3 unspecified atom stereocenters. The third-order valence-corrected chi connectivity index (χ3v) is 12.2. The van der Waals surface area contributed by atoms with Gasteiger partial charge in [0.15, 0.2) is 0 Å². The monoisotopic (exact) mass is 696 g/mol. The molecule has 0 aliphatic heterocycles. The molecule has 262 valence electrons. The molecule has 0 amide bonds. The summed E-state index contributed by atoms with van der Waals surface area (Å²) in [6, 6.07) is 47.5. The topological polar surface area (TPSA) is 6.48 Å². The van der Waals surface area contributed by atoms with Gasteiger partial charge < -0.3 is 9.80 Å². The van der Waals surface area contributed by atoms with Crippen LogP contribution in [-0.4, -0.2) is 0 Å². The number of hydrogen-bond acceptors (Lipinski definition) is 2. The van der Waals surface area contributed by atoms with Gasteiger partial charge in [-0.15, -0.1) is 0 Å². The second kappa shape index (κ2) is 13.1. The van der Waals surface area contributed by atoms with E-state index in [-0.39, 0.29) is 0 Å². The van der Waals surface area contributed by atoms with Gasteiger partial charge in [-0.25, -0.2) is 0 Å². The van der Waals surface area contributed by atoms with Gasteiger partial charge in [0.2, 0.25) is 0 Å². The zero-order valence-electron chi connectivity index (χ0n) is 31.0. The number of benzene rings is 5. The largest absolute Gasteiger partial charge is 0.317 e. The number of fused-ring (bicyclic) bond motifs is 9. The normalized spacial score (nSPS) is 21.8. The van der Waals surface area contributed by atoms with Gasteiger partial charge in [-0.3, -0.25) is 0 Å². The van der Waals surface area contributed by atoms with Crippen LogP contribution in [0.2, 0.25) is 0 Å². The Morgan fingerprint density at radius 3 is 1.74 bits per heavy atom. The summed E-state index contributed by atoms with van der Waals surface area (Å²) in [5.41, 5.74) is 17.8. The van der Waals surface area contributed by atoms with Gasteiger partial charge in [-0.2, -0.15) is 0 Å². The lowest BCUT2D eigenvalue weighted by Gasteiger charge is -2.36. The van der Waals surface area contributed by atoms with Crippen molar-refractivity contribution in [2.75, 3.05) is 9.80 Å². The second-order valence-corrected chi connectivity index (χ2v) is 15.3. The highest BCUT2D eigenvalue weighted by atomic mass is 15.2. The predicted molar refractivity (Wildman–Crippen MR) is 226 cm³/mol. The van der Waals surface area contributed by atoms with E-state index in [0.29, 0.717) is 11.8 Å². The van der Waals surface area contributed by atoms with Gasteiger partial charge in [-0.1, -0.05) is 141 Å². The second-order valence-electron chi connectivity index (χ2n) is 15.3. The Morgan fingerprint density at radius 1 is 0.519 bits per heavy atom. The Labute approximate surface area is 319 Å². The average Bonchev–Trinajstić information content (AvgIpc) is 3.54. The van der Waals surface area contributed by atoms with Crippen molar-refractivity contribution >= 4 is 22.6 Å². The molecular formula is C52H44N2. The average molecular weight is 697 g/mol. The van der Waals surface area contributed by atoms with E-state index in [0.717, 1.165) is 19.3 Å². The van der Waals surface area contributed by atoms with Crippen LogP contribution in [0.3, 0.4) is 0 Å². The Balaban J connectivity index is 1.25. The fraction of sp³-hybridized carbons (Fsp3) is 0.154.